The summed E-state index contributed by atoms with van der Waals surface area (Å²) in [5.74, 6) is 0.707. The van der Waals surface area contributed by atoms with Gasteiger partial charge < -0.3 is 15.4 Å². The van der Waals surface area contributed by atoms with Crippen LogP contribution >= 0.6 is 0 Å². The zero-order valence-corrected chi connectivity index (χ0v) is 10.9. The summed E-state index contributed by atoms with van der Waals surface area (Å²) in [6.45, 7) is 0. The first kappa shape index (κ1) is 12.8. The van der Waals surface area contributed by atoms with E-state index in [4.69, 9.17) is 15.7 Å². The van der Waals surface area contributed by atoms with E-state index in [1.54, 1.807) is 19.2 Å². The maximum Gasteiger partial charge on any atom is 0.122 e. The van der Waals surface area contributed by atoms with Gasteiger partial charge in [-0.3, -0.25) is 0 Å². The Labute approximate surface area is 112 Å². The SMILES string of the molecule is COc1cc(N)cc(N(C)c2cccc(C#N)c2)c1. The molecule has 0 atom stereocenters. The lowest BCUT2D eigenvalue weighted by atomic mass is 10.2. The number of ether oxygens (including phenoxy) is 1. The Morgan fingerprint density at radius 3 is 2.63 bits per heavy atom. The van der Waals surface area contributed by atoms with Gasteiger partial charge in [-0.05, 0) is 24.3 Å². The van der Waals surface area contributed by atoms with Crippen molar-refractivity contribution in [3.05, 3.63) is 48.0 Å². The highest BCUT2D eigenvalue weighted by atomic mass is 16.5. The van der Waals surface area contributed by atoms with Crippen LogP contribution in [0.25, 0.3) is 0 Å². The van der Waals surface area contributed by atoms with Crippen molar-refractivity contribution in [3.63, 3.8) is 0 Å². The molecule has 2 rings (SSSR count). The molecular formula is C15H15N3O. The van der Waals surface area contributed by atoms with Crippen LogP contribution in [0.15, 0.2) is 42.5 Å². The Morgan fingerprint density at radius 1 is 1.16 bits per heavy atom. The zero-order valence-electron chi connectivity index (χ0n) is 10.9. The number of rotatable bonds is 3. The van der Waals surface area contributed by atoms with E-state index in [0.717, 1.165) is 11.4 Å². The van der Waals surface area contributed by atoms with Gasteiger partial charge in [-0.25, -0.2) is 0 Å². The van der Waals surface area contributed by atoms with E-state index in [1.807, 2.05) is 42.3 Å². The third-order valence-electron chi connectivity index (χ3n) is 2.90. The molecule has 0 radical (unpaired) electrons. The average Bonchev–Trinajstić information content (AvgIpc) is 2.45. The van der Waals surface area contributed by atoms with Gasteiger partial charge in [0.05, 0.1) is 18.7 Å². The Bertz CT molecular complexity index is 632. The standard InChI is InChI=1S/C15H15N3O/c1-18(13-5-3-4-11(6-13)10-16)14-7-12(17)8-15(9-14)19-2/h3-9H,17H2,1-2H3. The Kier molecular flexibility index (Phi) is 3.58. The highest BCUT2D eigenvalue weighted by Crippen LogP contribution is 2.29. The van der Waals surface area contributed by atoms with E-state index in [0.29, 0.717) is 17.0 Å². The second-order valence-corrected chi connectivity index (χ2v) is 4.19. The van der Waals surface area contributed by atoms with Gasteiger partial charge >= 0.3 is 0 Å². The first-order valence-electron chi connectivity index (χ1n) is 5.82. The number of anilines is 3. The first-order chi connectivity index (χ1) is 9.13. The van der Waals surface area contributed by atoms with Gasteiger partial charge in [-0.1, -0.05) is 6.07 Å². The monoisotopic (exact) mass is 253 g/mol. The molecule has 0 aromatic heterocycles. The van der Waals surface area contributed by atoms with Crippen LogP contribution in [0.5, 0.6) is 5.75 Å². The van der Waals surface area contributed by atoms with Crippen LogP contribution in [-0.4, -0.2) is 14.2 Å². The van der Waals surface area contributed by atoms with Crippen LogP contribution in [-0.2, 0) is 0 Å². The van der Waals surface area contributed by atoms with Crippen molar-refractivity contribution in [2.45, 2.75) is 0 Å². The second kappa shape index (κ2) is 5.32. The maximum atomic E-state index is 8.93. The van der Waals surface area contributed by atoms with Crippen LogP contribution in [0.2, 0.25) is 0 Å². The Balaban J connectivity index is 2.40. The van der Waals surface area contributed by atoms with Crippen molar-refractivity contribution in [1.29, 1.82) is 5.26 Å². The molecule has 0 amide bonds. The van der Waals surface area contributed by atoms with E-state index in [2.05, 4.69) is 6.07 Å². The fourth-order valence-corrected chi connectivity index (χ4v) is 1.85. The summed E-state index contributed by atoms with van der Waals surface area (Å²) in [6.07, 6.45) is 0. The molecule has 0 bridgehead atoms. The number of methoxy groups -OCH3 is 1. The molecular weight excluding hydrogens is 238 g/mol. The highest BCUT2D eigenvalue weighted by Gasteiger charge is 2.07. The van der Waals surface area contributed by atoms with Crippen molar-refractivity contribution in [2.24, 2.45) is 0 Å². The summed E-state index contributed by atoms with van der Waals surface area (Å²) in [5.41, 5.74) is 8.94. The molecule has 96 valence electrons. The highest BCUT2D eigenvalue weighted by molar-refractivity contribution is 5.69. The summed E-state index contributed by atoms with van der Waals surface area (Å²) < 4.78 is 5.21. The third-order valence-corrected chi connectivity index (χ3v) is 2.90. The molecule has 2 aromatic carbocycles. The van der Waals surface area contributed by atoms with Gasteiger partial charge in [0.25, 0.3) is 0 Å². The summed E-state index contributed by atoms with van der Waals surface area (Å²) in [7, 11) is 3.53. The molecule has 0 unspecified atom stereocenters. The van der Waals surface area contributed by atoms with Crippen LogP contribution in [0.3, 0.4) is 0 Å². The van der Waals surface area contributed by atoms with Gasteiger partial charge in [0.2, 0.25) is 0 Å². The normalized spacial score (nSPS) is 9.74. The number of hydrogen-bond donors (Lipinski definition) is 1. The molecule has 0 spiro atoms. The molecule has 19 heavy (non-hydrogen) atoms. The molecule has 0 heterocycles. The lowest BCUT2D eigenvalue weighted by Crippen LogP contribution is -2.10. The molecule has 0 saturated carbocycles. The zero-order chi connectivity index (χ0) is 13.8. The lowest BCUT2D eigenvalue weighted by Gasteiger charge is -2.20. The predicted octanol–water partition coefficient (Wildman–Crippen LogP) is 2.92. The number of hydrogen-bond acceptors (Lipinski definition) is 4. The first-order valence-corrected chi connectivity index (χ1v) is 5.82. The van der Waals surface area contributed by atoms with Gasteiger partial charge in [0.1, 0.15) is 5.75 Å². The summed E-state index contributed by atoms with van der Waals surface area (Å²) in [6, 6.07) is 15.1. The number of nitrogens with zero attached hydrogens (tertiary/aromatic N) is 2. The molecule has 0 aliphatic rings. The minimum absolute atomic E-state index is 0.625. The van der Waals surface area contributed by atoms with Crippen LogP contribution in [0, 0.1) is 11.3 Å². The summed E-state index contributed by atoms with van der Waals surface area (Å²) in [5, 5.41) is 8.93. The van der Waals surface area contributed by atoms with Crippen molar-refractivity contribution in [2.75, 3.05) is 24.8 Å². The van der Waals surface area contributed by atoms with E-state index in [-0.39, 0.29) is 0 Å². The minimum atomic E-state index is 0.625. The number of benzene rings is 2. The molecule has 4 heteroatoms. The van der Waals surface area contributed by atoms with Crippen molar-refractivity contribution >= 4 is 17.1 Å². The number of nitrogens with two attached hydrogens (primary N) is 1. The third kappa shape index (κ3) is 2.78. The molecule has 0 fully saturated rings. The van der Waals surface area contributed by atoms with Crippen LogP contribution in [0.1, 0.15) is 5.56 Å². The number of nitrogen functional groups attached to an aromatic ring is 1. The van der Waals surface area contributed by atoms with Crippen LogP contribution < -0.4 is 15.4 Å². The Morgan fingerprint density at radius 2 is 1.95 bits per heavy atom. The van der Waals surface area contributed by atoms with Gasteiger partial charge in [0.15, 0.2) is 0 Å². The van der Waals surface area contributed by atoms with E-state index < -0.39 is 0 Å². The molecule has 4 nitrogen and oxygen atoms in total. The smallest absolute Gasteiger partial charge is 0.122 e. The van der Waals surface area contributed by atoms with Crippen molar-refractivity contribution in [1.82, 2.24) is 0 Å². The fraction of sp³-hybridized carbons (Fsp3) is 0.133. The predicted molar refractivity (Wildman–Crippen MR) is 76.6 cm³/mol. The van der Waals surface area contributed by atoms with E-state index in [1.165, 1.54) is 0 Å². The van der Waals surface area contributed by atoms with Gasteiger partial charge in [-0.2, -0.15) is 5.26 Å². The Hall–Kier alpha value is -2.67. The molecule has 2 aromatic rings. The lowest BCUT2D eigenvalue weighted by molar-refractivity contribution is 0.415. The van der Waals surface area contributed by atoms with Crippen molar-refractivity contribution < 1.29 is 4.74 Å². The van der Waals surface area contributed by atoms with E-state index >= 15 is 0 Å². The molecule has 2 N–H and O–H groups in total. The number of nitriles is 1. The van der Waals surface area contributed by atoms with Gasteiger partial charge in [0, 0.05) is 36.2 Å². The topological polar surface area (TPSA) is 62.3 Å². The average molecular weight is 253 g/mol. The fourth-order valence-electron chi connectivity index (χ4n) is 1.85. The molecule has 0 aliphatic heterocycles. The maximum absolute atomic E-state index is 8.93. The van der Waals surface area contributed by atoms with E-state index in [9.17, 15) is 0 Å². The second-order valence-electron chi connectivity index (χ2n) is 4.19. The molecule has 0 saturated heterocycles. The summed E-state index contributed by atoms with van der Waals surface area (Å²) >= 11 is 0. The van der Waals surface area contributed by atoms with Gasteiger partial charge in [-0.15, -0.1) is 0 Å². The largest absolute Gasteiger partial charge is 0.497 e. The minimum Gasteiger partial charge on any atom is -0.497 e. The van der Waals surface area contributed by atoms with Crippen molar-refractivity contribution in [3.8, 4) is 11.8 Å². The molecule has 0 aliphatic carbocycles. The summed E-state index contributed by atoms with van der Waals surface area (Å²) in [4.78, 5) is 1.96. The quantitative estimate of drug-likeness (QED) is 0.854. The van der Waals surface area contributed by atoms with Crippen LogP contribution in [0.4, 0.5) is 17.1 Å².